The number of hydrogen-bond donors (Lipinski definition) is 0. The van der Waals surface area contributed by atoms with Crippen LogP contribution in [-0.4, -0.2) is 25.0 Å². The number of benzene rings is 1. The number of piperidine rings is 1. The maximum atomic E-state index is 12.1. The SMILES string of the molecule is CC(=O)OCCC1CCN(c2ccccc2)C(=O)C1. The fourth-order valence-electron chi connectivity index (χ4n) is 2.39. The second kappa shape index (κ2) is 6.36. The lowest BCUT2D eigenvalue weighted by atomic mass is 9.93. The van der Waals surface area contributed by atoms with Crippen LogP contribution in [0, 0.1) is 5.92 Å². The van der Waals surface area contributed by atoms with Gasteiger partial charge >= 0.3 is 5.97 Å². The minimum absolute atomic E-state index is 0.158. The summed E-state index contributed by atoms with van der Waals surface area (Å²) in [6, 6.07) is 9.73. The van der Waals surface area contributed by atoms with Gasteiger partial charge in [-0.1, -0.05) is 18.2 Å². The average Bonchev–Trinajstić information content (AvgIpc) is 2.39. The smallest absolute Gasteiger partial charge is 0.302 e. The number of hydrogen-bond acceptors (Lipinski definition) is 3. The number of ether oxygens (including phenoxy) is 1. The molecule has 1 saturated heterocycles. The Hall–Kier alpha value is -1.84. The summed E-state index contributed by atoms with van der Waals surface area (Å²) >= 11 is 0. The van der Waals surface area contributed by atoms with Crippen LogP contribution < -0.4 is 4.90 Å². The highest BCUT2D eigenvalue weighted by Gasteiger charge is 2.26. The molecule has 0 radical (unpaired) electrons. The van der Waals surface area contributed by atoms with Crippen molar-refractivity contribution in [3.8, 4) is 0 Å². The van der Waals surface area contributed by atoms with E-state index in [-0.39, 0.29) is 11.9 Å². The van der Waals surface area contributed by atoms with Crippen LogP contribution in [0.1, 0.15) is 26.2 Å². The van der Waals surface area contributed by atoms with E-state index < -0.39 is 0 Å². The first-order valence-electron chi connectivity index (χ1n) is 6.65. The number of carbonyl (C=O) groups is 2. The first-order chi connectivity index (χ1) is 9.16. The van der Waals surface area contributed by atoms with Crippen molar-refractivity contribution in [2.24, 2.45) is 5.92 Å². The van der Waals surface area contributed by atoms with Gasteiger partial charge in [0.1, 0.15) is 0 Å². The van der Waals surface area contributed by atoms with Gasteiger partial charge in [0, 0.05) is 25.6 Å². The van der Waals surface area contributed by atoms with Crippen molar-refractivity contribution in [2.75, 3.05) is 18.1 Å². The molecule has 1 atom stereocenters. The summed E-state index contributed by atoms with van der Waals surface area (Å²) in [6.45, 7) is 2.56. The van der Waals surface area contributed by atoms with Crippen molar-refractivity contribution in [1.82, 2.24) is 0 Å². The molecule has 4 heteroatoms. The monoisotopic (exact) mass is 261 g/mol. The molecule has 1 aliphatic rings. The van der Waals surface area contributed by atoms with E-state index in [4.69, 9.17) is 4.74 Å². The zero-order valence-electron chi connectivity index (χ0n) is 11.2. The first kappa shape index (κ1) is 13.6. The fourth-order valence-corrected chi connectivity index (χ4v) is 2.39. The number of nitrogens with zero attached hydrogens (tertiary/aromatic N) is 1. The van der Waals surface area contributed by atoms with Crippen LogP contribution in [0.5, 0.6) is 0 Å². The average molecular weight is 261 g/mol. The summed E-state index contributed by atoms with van der Waals surface area (Å²) in [4.78, 5) is 24.6. The van der Waals surface area contributed by atoms with Gasteiger partial charge in [0.25, 0.3) is 0 Å². The molecule has 1 heterocycles. The van der Waals surface area contributed by atoms with Crippen LogP contribution in [0.25, 0.3) is 0 Å². The van der Waals surface area contributed by atoms with Gasteiger partial charge in [0.05, 0.1) is 6.61 Å². The van der Waals surface area contributed by atoms with Crippen LogP contribution in [0.15, 0.2) is 30.3 Å². The molecule has 0 saturated carbocycles. The van der Waals surface area contributed by atoms with E-state index in [9.17, 15) is 9.59 Å². The van der Waals surface area contributed by atoms with Crippen molar-refractivity contribution < 1.29 is 14.3 Å². The molecule has 0 aromatic heterocycles. The highest BCUT2D eigenvalue weighted by molar-refractivity contribution is 5.94. The molecule has 1 amide bonds. The van der Waals surface area contributed by atoms with Crippen LogP contribution in [0.3, 0.4) is 0 Å². The Morgan fingerprint density at radius 2 is 2.11 bits per heavy atom. The zero-order chi connectivity index (χ0) is 13.7. The molecule has 1 aliphatic heterocycles. The van der Waals surface area contributed by atoms with Crippen molar-refractivity contribution >= 4 is 17.6 Å². The maximum Gasteiger partial charge on any atom is 0.302 e. The van der Waals surface area contributed by atoms with Gasteiger partial charge in [-0.05, 0) is 30.9 Å². The fraction of sp³-hybridized carbons (Fsp3) is 0.467. The lowest BCUT2D eigenvalue weighted by molar-refractivity contribution is -0.141. The Labute approximate surface area is 113 Å². The summed E-state index contributed by atoms with van der Waals surface area (Å²) in [5, 5.41) is 0. The van der Waals surface area contributed by atoms with Gasteiger partial charge in [0.15, 0.2) is 0 Å². The van der Waals surface area contributed by atoms with Crippen LogP contribution >= 0.6 is 0 Å². The highest BCUT2D eigenvalue weighted by atomic mass is 16.5. The molecule has 0 bridgehead atoms. The minimum Gasteiger partial charge on any atom is -0.466 e. The summed E-state index contributed by atoms with van der Waals surface area (Å²) in [5.74, 6) is 0.227. The predicted molar refractivity (Wildman–Crippen MR) is 72.8 cm³/mol. The van der Waals surface area contributed by atoms with Crippen LogP contribution in [-0.2, 0) is 14.3 Å². The summed E-state index contributed by atoms with van der Waals surface area (Å²) in [6.07, 6.45) is 2.27. The zero-order valence-corrected chi connectivity index (χ0v) is 11.2. The van der Waals surface area contributed by atoms with Gasteiger partial charge in [-0.15, -0.1) is 0 Å². The van der Waals surface area contributed by atoms with E-state index in [1.807, 2.05) is 35.2 Å². The van der Waals surface area contributed by atoms with Gasteiger partial charge in [-0.2, -0.15) is 0 Å². The highest BCUT2D eigenvalue weighted by Crippen LogP contribution is 2.25. The molecule has 1 aromatic rings. The number of anilines is 1. The molecule has 19 heavy (non-hydrogen) atoms. The third kappa shape index (κ3) is 3.81. The molecule has 0 aliphatic carbocycles. The standard InChI is InChI=1S/C15H19NO3/c1-12(17)19-10-8-13-7-9-16(15(18)11-13)14-5-3-2-4-6-14/h2-6,13H,7-11H2,1H3. The molecular formula is C15H19NO3. The second-order valence-corrected chi connectivity index (χ2v) is 4.87. The van der Waals surface area contributed by atoms with Crippen LogP contribution in [0.4, 0.5) is 5.69 Å². The van der Waals surface area contributed by atoms with Crippen molar-refractivity contribution in [3.05, 3.63) is 30.3 Å². The number of esters is 1. The molecule has 1 unspecified atom stereocenters. The second-order valence-electron chi connectivity index (χ2n) is 4.87. The third-order valence-electron chi connectivity index (χ3n) is 3.42. The normalized spacial score (nSPS) is 19.3. The Bertz CT molecular complexity index is 444. The Morgan fingerprint density at radius 3 is 2.74 bits per heavy atom. The van der Waals surface area contributed by atoms with E-state index >= 15 is 0 Å². The summed E-state index contributed by atoms with van der Waals surface area (Å²) in [7, 11) is 0. The van der Waals surface area contributed by atoms with Crippen molar-refractivity contribution in [3.63, 3.8) is 0 Å². The van der Waals surface area contributed by atoms with E-state index in [1.54, 1.807) is 0 Å². The molecule has 0 N–H and O–H groups in total. The maximum absolute atomic E-state index is 12.1. The summed E-state index contributed by atoms with van der Waals surface area (Å²) in [5.41, 5.74) is 0.964. The predicted octanol–water partition coefficient (Wildman–Crippen LogP) is 2.38. The first-order valence-corrected chi connectivity index (χ1v) is 6.65. The van der Waals surface area contributed by atoms with E-state index in [0.29, 0.717) is 18.9 Å². The Balaban J connectivity index is 1.85. The number of rotatable bonds is 4. The quantitative estimate of drug-likeness (QED) is 0.782. The number of amides is 1. The number of carbonyl (C=O) groups excluding carboxylic acids is 2. The van der Waals surface area contributed by atoms with E-state index in [0.717, 1.165) is 25.1 Å². The molecule has 0 spiro atoms. The van der Waals surface area contributed by atoms with Gasteiger partial charge in [-0.3, -0.25) is 9.59 Å². The molecule has 1 fully saturated rings. The molecular weight excluding hydrogens is 242 g/mol. The molecule has 2 rings (SSSR count). The number of para-hydroxylation sites is 1. The van der Waals surface area contributed by atoms with Gasteiger partial charge < -0.3 is 9.64 Å². The Morgan fingerprint density at radius 1 is 1.37 bits per heavy atom. The van der Waals surface area contributed by atoms with Crippen LogP contribution in [0.2, 0.25) is 0 Å². The summed E-state index contributed by atoms with van der Waals surface area (Å²) < 4.78 is 4.93. The Kier molecular flexibility index (Phi) is 4.55. The molecule has 102 valence electrons. The van der Waals surface area contributed by atoms with E-state index in [2.05, 4.69) is 0 Å². The van der Waals surface area contributed by atoms with Crippen molar-refractivity contribution in [1.29, 1.82) is 0 Å². The third-order valence-corrected chi connectivity index (χ3v) is 3.42. The van der Waals surface area contributed by atoms with Gasteiger partial charge in [-0.25, -0.2) is 0 Å². The molecule has 1 aromatic carbocycles. The lowest BCUT2D eigenvalue weighted by Gasteiger charge is -2.31. The minimum atomic E-state index is -0.256. The van der Waals surface area contributed by atoms with Crippen molar-refractivity contribution in [2.45, 2.75) is 26.2 Å². The molecule has 4 nitrogen and oxygen atoms in total. The van der Waals surface area contributed by atoms with Gasteiger partial charge in [0.2, 0.25) is 5.91 Å². The lowest BCUT2D eigenvalue weighted by Crippen LogP contribution is -2.39. The topological polar surface area (TPSA) is 46.6 Å². The largest absolute Gasteiger partial charge is 0.466 e. The van der Waals surface area contributed by atoms with E-state index in [1.165, 1.54) is 6.92 Å².